The average molecular weight is 653 g/mol. The number of hydrogen-bond acceptors (Lipinski definition) is 7. The molecule has 0 unspecified atom stereocenters. The zero-order chi connectivity index (χ0) is 33.8. The summed E-state index contributed by atoms with van der Waals surface area (Å²) in [6, 6.07) is 18.7. The van der Waals surface area contributed by atoms with Gasteiger partial charge < -0.3 is 29.2 Å². The topological polar surface area (TPSA) is 109 Å². The molecule has 2 aliphatic heterocycles. The number of amides is 3. The fourth-order valence-corrected chi connectivity index (χ4v) is 6.36. The second kappa shape index (κ2) is 14.1. The van der Waals surface area contributed by atoms with Crippen LogP contribution in [0.5, 0.6) is 5.75 Å². The Balaban J connectivity index is 1.11. The van der Waals surface area contributed by atoms with Gasteiger partial charge in [0.2, 0.25) is 0 Å². The van der Waals surface area contributed by atoms with Crippen LogP contribution in [0.25, 0.3) is 11.0 Å². The molecule has 6 rings (SSSR count). The maximum absolute atomic E-state index is 13.7. The number of anilines is 2. The zero-order valence-corrected chi connectivity index (χ0v) is 28.2. The Labute approximate surface area is 281 Å². The largest absolute Gasteiger partial charge is 0.496 e. The van der Waals surface area contributed by atoms with E-state index in [1.54, 1.807) is 29.4 Å². The van der Waals surface area contributed by atoms with Crippen LogP contribution in [-0.2, 0) is 17.7 Å². The first kappa shape index (κ1) is 33.0. The second-order valence-electron chi connectivity index (χ2n) is 13.3. The van der Waals surface area contributed by atoms with Crippen molar-refractivity contribution in [1.82, 2.24) is 19.4 Å². The molecule has 0 aliphatic carbocycles. The van der Waals surface area contributed by atoms with Crippen LogP contribution < -0.4 is 15.0 Å². The molecule has 3 amide bonds. The molecule has 3 aromatic carbocycles. The van der Waals surface area contributed by atoms with Gasteiger partial charge in [-0.15, -0.1) is 0 Å². The van der Waals surface area contributed by atoms with Crippen LogP contribution in [0.4, 0.5) is 16.2 Å². The van der Waals surface area contributed by atoms with Gasteiger partial charge in [-0.05, 0) is 82.0 Å². The molecule has 0 spiro atoms. The maximum atomic E-state index is 13.7. The highest BCUT2D eigenvalue weighted by molar-refractivity contribution is 6.11. The van der Waals surface area contributed by atoms with Crippen molar-refractivity contribution < 1.29 is 23.9 Å². The molecule has 1 N–H and O–H groups in total. The molecule has 0 bridgehead atoms. The van der Waals surface area contributed by atoms with E-state index in [9.17, 15) is 14.4 Å². The minimum Gasteiger partial charge on any atom is -0.496 e. The van der Waals surface area contributed by atoms with E-state index in [0.717, 1.165) is 50.1 Å². The summed E-state index contributed by atoms with van der Waals surface area (Å²) in [6.45, 7) is 10.6. The summed E-state index contributed by atoms with van der Waals surface area (Å²) < 4.78 is 13.2. The first-order valence-electron chi connectivity index (χ1n) is 16.6. The first-order valence-corrected chi connectivity index (χ1v) is 16.6. The SMILES string of the molecule is COc1cc(C(=O)N2CCCCc3ccccc32)ccc1C(=O)Nc1cccc2c1ncn2CCN1CCN(C(=O)OC(C)(C)C)CC1. The Kier molecular flexibility index (Phi) is 9.68. The molecule has 11 nitrogen and oxygen atoms in total. The maximum Gasteiger partial charge on any atom is 0.410 e. The highest BCUT2D eigenvalue weighted by Gasteiger charge is 2.27. The number of piperazine rings is 1. The number of aryl methyl sites for hydroxylation is 1. The number of nitrogens with zero attached hydrogens (tertiary/aromatic N) is 5. The monoisotopic (exact) mass is 652 g/mol. The van der Waals surface area contributed by atoms with Crippen molar-refractivity contribution in [3.05, 3.63) is 83.7 Å². The molecule has 1 saturated heterocycles. The van der Waals surface area contributed by atoms with Crippen molar-refractivity contribution in [3.8, 4) is 5.75 Å². The van der Waals surface area contributed by atoms with Gasteiger partial charge in [-0.3, -0.25) is 14.5 Å². The van der Waals surface area contributed by atoms with Crippen molar-refractivity contribution in [2.75, 3.05) is 56.6 Å². The van der Waals surface area contributed by atoms with Gasteiger partial charge in [-0.1, -0.05) is 24.3 Å². The summed E-state index contributed by atoms with van der Waals surface area (Å²) in [7, 11) is 1.50. The van der Waals surface area contributed by atoms with Gasteiger partial charge in [0.05, 0.1) is 30.2 Å². The lowest BCUT2D eigenvalue weighted by molar-refractivity contribution is 0.0143. The number of benzene rings is 3. The molecule has 0 atom stereocenters. The van der Waals surface area contributed by atoms with Gasteiger partial charge in [0, 0.05) is 57.1 Å². The zero-order valence-electron chi connectivity index (χ0n) is 28.2. The lowest BCUT2D eigenvalue weighted by Gasteiger charge is -2.35. The first-order chi connectivity index (χ1) is 23.1. The second-order valence-corrected chi connectivity index (χ2v) is 13.3. The number of fused-ring (bicyclic) bond motifs is 2. The third-order valence-corrected chi connectivity index (χ3v) is 8.88. The fourth-order valence-electron chi connectivity index (χ4n) is 6.36. The Morgan fingerprint density at radius 2 is 1.69 bits per heavy atom. The van der Waals surface area contributed by atoms with Crippen molar-refractivity contribution in [3.63, 3.8) is 0 Å². The molecule has 3 heterocycles. The van der Waals surface area contributed by atoms with Crippen LogP contribution in [0.15, 0.2) is 67.0 Å². The summed E-state index contributed by atoms with van der Waals surface area (Å²) in [5, 5.41) is 3.01. The van der Waals surface area contributed by atoms with E-state index in [0.29, 0.717) is 54.3 Å². The summed E-state index contributed by atoms with van der Waals surface area (Å²) in [6.07, 6.45) is 4.43. The smallest absolute Gasteiger partial charge is 0.410 e. The molecule has 0 radical (unpaired) electrons. The number of carbonyl (C=O) groups is 3. The van der Waals surface area contributed by atoms with Crippen molar-refractivity contribution in [2.45, 2.75) is 52.2 Å². The number of hydrogen-bond donors (Lipinski definition) is 1. The van der Waals surface area contributed by atoms with Crippen LogP contribution in [0.2, 0.25) is 0 Å². The number of aromatic nitrogens is 2. The highest BCUT2D eigenvalue weighted by atomic mass is 16.6. The number of carbonyl (C=O) groups excluding carboxylic acids is 3. The van der Waals surface area contributed by atoms with Crippen LogP contribution in [0, 0.1) is 0 Å². The summed E-state index contributed by atoms with van der Waals surface area (Å²) >= 11 is 0. The van der Waals surface area contributed by atoms with Gasteiger partial charge >= 0.3 is 6.09 Å². The van der Waals surface area contributed by atoms with E-state index in [1.807, 2.05) is 62.1 Å². The summed E-state index contributed by atoms with van der Waals surface area (Å²) in [5.74, 6) is -0.142. The number of para-hydroxylation sites is 2. The minimum absolute atomic E-state index is 0.116. The van der Waals surface area contributed by atoms with Crippen LogP contribution in [-0.4, -0.2) is 89.2 Å². The quantitative estimate of drug-likeness (QED) is 0.268. The standard InChI is InChI=1S/C37H44N6O5/c1-37(2,3)48-36(46)41-21-18-40(19-22-41)20-23-42-25-38-33-29(12-9-14-31(33)42)39-34(44)28-16-15-27(24-32(28)47-4)35(45)43-17-8-7-11-26-10-5-6-13-30(26)43/h5-6,9-10,12-16,24-25H,7-8,11,17-23H2,1-4H3,(H,39,44). The van der Waals surface area contributed by atoms with E-state index in [-0.39, 0.29) is 17.9 Å². The minimum atomic E-state index is -0.508. The van der Waals surface area contributed by atoms with Crippen LogP contribution in [0.1, 0.15) is 59.9 Å². The number of ether oxygens (including phenoxy) is 2. The van der Waals surface area contributed by atoms with Crippen LogP contribution in [0.3, 0.4) is 0 Å². The van der Waals surface area contributed by atoms with Gasteiger partial charge in [0.15, 0.2) is 0 Å². The summed E-state index contributed by atoms with van der Waals surface area (Å²) in [4.78, 5) is 50.2. The number of imidazole rings is 1. The molecule has 2 aliphatic rings. The van der Waals surface area contributed by atoms with Crippen molar-refractivity contribution in [2.24, 2.45) is 0 Å². The lowest BCUT2D eigenvalue weighted by atomic mass is 10.1. The molecule has 1 aromatic heterocycles. The molecule has 11 heteroatoms. The lowest BCUT2D eigenvalue weighted by Crippen LogP contribution is -2.50. The van der Waals surface area contributed by atoms with Crippen LogP contribution >= 0.6 is 0 Å². The molecular formula is C37H44N6O5. The third kappa shape index (κ3) is 7.31. The molecule has 252 valence electrons. The summed E-state index contributed by atoms with van der Waals surface area (Å²) in [5.41, 5.74) is 4.57. The van der Waals surface area contributed by atoms with Gasteiger partial charge in [0.1, 0.15) is 16.9 Å². The number of methoxy groups -OCH3 is 1. The highest BCUT2D eigenvalue weighted by Crippen LogP contribution is 2.30. The van der Waals surface area contributed by atoms with E-state index < -0.39 is 5.60 Å². The fraction of sp³-hybridized carbons (Fsp3) is 0.405. The van der Waals surface area contributed by atoms with E-state index in [1.165, 1.54) is 12.7 Å². The average Bonchev–Trinajstić information content (AvgIpc) is 3.38. The predicted molar refractivity (Wildman–Crippen MR) is 186 cm³/mol. The van der Waals surface area contributed by atoms with Gasteiger partial charge in [-0.25, -0.2) is 9.78 Å². The number of nitrogens with one attached hydrogen (secondary N) is 1. The van der Waals surface area contributed by atoms with Gasteiger partial charge in [-0.2, -0.15) is 0 Å². The third-order valence-electron chi connectivity index (χ3n) is 8.88. The molecule has 1 fully saturated rings. The number of rotatable bonds is 7. The van der Waals surface area contributed by atoms with E-state index in [4.69, 9.17) is 9.47 Å². The van der Waals surface area contributed by atoms with Crippen molar-refractivity contribution >= 4 is 40.3 Å². The normalized spacial score (nSPS) is 15.5. The van der Waals surface area contributed by atoms with Gasteiger partial charge in [0.25, 0.3) is 11.8 Å². The Morgan fingerprint density at radius 3 is 2.46 bits per heavy atom. The van der Waals surface area contributed by atoms with E-state index >= 15 is 0 Å². The molecule has 48 heavy (non-hydrogen) atoms. The van der Waals surface area contributed by atoms with Crippen molar-refractivity contribution in [1.29, 1.82) is 0 Å². The molecule has 0 saturated carbocycles. The Hall–Kier alpha value is -4.90. The Morgan fingerprint density at radius 1 is 0.896 bits per heavy atom. The molecule has 4 aromatic rings. The Bertz CT molecular complexity index is 1800. The molecular weight excluding hydrogens is 608 g/mol. The predicted octanol–water partition coefficient (Wildman–Crippen LogP) is 5.83. The van der Waals surface area contributed by atoms with E-state index in [2.05, 4.69) is 25.8 Å².